The number of nitro groups is 1. The van der Waals surface area contributed by atoms with Gasteiger partial charge >= 0.3 is 11.7 Å². The topological polar surface area (TPSA) is 87.9 Å². The molecule has 21 heavy (non-hydrogen) atoms. The predicted molar refractivity (Wildman–Crippen MR) is 75.7 cm³/mol. The monoisotopic (exact) mass is 317 g/mol. The Morgan fingerprint density at radius 3 is 2.71 bits per heavy atom. The number of carbonyl (C=O) groups is 1. The van der Waals surface area contributed by atoms with Crippen molar-refractivity contribution in [1.82, 2.24) is 0 Å². The van der Waals surface area contributed by atoms with E-state index in [0.717, 1.165) is 6.42 Å². The number of halogens is 1. The van der Waals surface area contributed by atoms with Crippen molar-refractivity contribution in [2.75, 3.05) is 33.5 Å². The minimum absolute atomic E-state index is 0.00941. The zero-order chi connectivity index (χ0) is 15.7. The van der Waals surface area contributed by atoms with E-state index in [1.54, 1.807) is 7.11 Å². The summed E-state index contributed by atoms with van der Waals surface area (Å²) < 4.78 is 15.0. The number of nitro benzene ring substituents is 1. The number of nitrogens with zero attached hydrogens (tertiary/aromatic N) is 1. The van der Waals surface area contributed by atoms with E-state index in [9.17, 15) is 14.9 Å². The summed E-state index contributed by atoms with van der Waals surface area (Å²) in [5, 5.41) is 10.8. The lowest BCUT2D eigenvalue weighted by molar-refractivity contribution is -0.385. The molecule has 0 heterocycles. The van der Waals surface area contributed by atoms with Gasteiger partial charge < -0.3 is 14.2 Å². The largest absolute Gasteiger partial charge is 0.459 e. The molecule has 1 aromatic carbocycles. The van der Waals surface area contributed by atoms with E-state index < -0.39 is 16.6 Å². The highest BCUT2D eigenvalue weighted by molar-refractivity contribution is 6.33. The summed E-state index contributed by atoms with van der Waals surface area (Å²) in [5.41, 5.74) is -0.628. The Hall–Kier alpha value is -1.70. The lowest BCUT2D eigenvalue weighted by Crippen LogP contribution is -2.13. The van der Waals surface area contributed by atoms with Crippen LogP contribution >= 0.6 is 11.6 Å². The maximum atomic E-state index is 11.8. The van der Waals surface area contributed by atoms with Crippen molar-refractivity contribution in [2.45, 2.75) is 6.42 Å². The van der Waals surface area contributed by atoms with Gasteiger partial charge in [0.15, 0.2) is 0 Å². The summed E-state index contributed by atoms with van der Waals surface area (Å²) in [7, 11) is 1.60. The second-order valence-electron chi connectivity index (χ2n) is 3.99. The van der Waals surface area contributed by atoms with E-state index >= 15 is 0 Å². The number of ether oxygens (including phenoxy) is 3. The Morgan fingerprint density at radius 1 is 1.29 bits per heavy atom. The summed E-state index contributed by atoms with van der Waals surface area (Å²) in [4.78, 5) is 22.0. The minimum atomic E-state index is -0.801. The average Bonchev–Trinajstić information content (AvgIpc) is 2.45. The molecule has 0 bridgehead atoms. The van der Waals surface area contributed by atoms with E-state index in [2.05, 4.69) is 0 Å². The number of carbonyl (C=O) groups excluding carboxylic acids is 1. The lowest BCUT2D eigenvalue weighted by Gasteiger charge is -2.07. The number of esters is 1. The zero-order valence-electron chi connectivity index (χ0n) is 11.5. The molecule has 0 aromatic heterocycles. The predicted octanol–water partition coefficient (Wildman–Crippen LogP) is 2.46. The van der Waals surface area contributed by atoms with E-state index in [1.165, 1.54) is 18.2 Å². The van der Waals surface area contributed by atoms with E-state index in [-0.39, 0.29) is 23.8 Å². The highest BCUT2D eigenvalue weighted by Gasteiger charge is 2.24. The molecule has 7 nitrogen and oxygen atoms in total. The van der Waals surface area contributed by atoms with Crippen LogP contribution in [0.15, 0.2) is 18.2 Å². The van der Waals surface area contributed by atoms with Crippen molar-refractivity contribution >= 4 is 23.3 Å². The van der Waals surface area contributed by atoms with E-state index in [0.29, 0.717) is 13.2 Å². The van der Waals surface area contributed by atoms with Gasteiger partial charge in [-0.15, -0.1) is 0 Å². The number of benzene rings is 1. The lowest BCUT2D eigenvalue weighted by atomic mass is 10.2. The number of rotatable bonds is 9. The van der Waals surface area contributed by atoms with Crippen LogP contribution in [0.25, 0.3) is 0 Å². The maximum absolute atomic E-state index is 11.8. The molecule has 0 aliphatic rings. The number of hydrogen-bond donors (Lipinski definition) is 0. The van der Waals surface area contributed by atoms with Gasteiger partial charge in [0.25, 0.3) is 0 Å². The molecule has 0 atom stereocenters. The maximum Gasteiger partial charge on any atom is 0.345 e. The molecular weight excluding hydrogens is 302 g/mol. The third-order valence-electron chi connectivity index (χ3n) is 2.49. The molecule has 0 aliphatic carbocycles. The molecule has 0 radical (unpaired) electrons. The van der Waals surface area contributed by atoms with Crippen LogP contribution in [0.3, 0.4) is 0 Å². The summed E-state index contributed by atoms with van der Waals surface area (Å²) >= 11 is 5.71. The van der Waals surface area contributed by atoms with E-state index in [4.69, 9.17) is 25.8 Å². The van der Waals surface area contributed by atoms with Gasteiger partial charge in [-0.3, -0.25) is 10.1 Å². The Kier molecular flexibility index (Phi) is 7.66. The molecule has 1 rings (SSSR count). The van der Waals surface area contributed by atoms with Crippen LogP contribution in [-0.4, -0.2) is 44.4 Å². The number of para-hydroxylation sites is 1. The van der Waals surface area contributed by atoms with Crippen LogP contribution in [-0.2, 0) is 14.2 Å². The van der Waals surface area contributed by atoms with Crippen molar-refractivity contribution in [3.63, 3.8) is 0 Å². The third kappa shape index (κ3) is 5.66. The smallest absolute Gasteiger partial charge is 0.345 e. The fourth-order valence-electron chi connectivity index (χ4n) is 1.54. The van der Waals surface area contributed by atoms with Gasteiger partial charge in [0.05, 0.1) is 11.5 Å². The van der Waals surface area contributed by atoms with E-state index in [1.807, 2.05) is 0 Å². The Morgan fingerprint density at radius 2 is 2.05 bits per heavy atom. The van der Waals surface area contributed by atoms with Crippen molar-refractivity contribution in [3.05, 3.63) is 38.9 Å². The standard InChI is InChI=1S/C13H16ClNO6/c1-19-6-3-7-20-8-9-21-13(16)10-4-2-5-11(14)12(10)15(17)18/h2,4-5H,3,6-9H2,1H3. The highest BCUT2D eigenvalue weighted by atomic mass is 35.5. The van der Waals surface area contributed by atoms with Gasteiger partial charge in [0, 0.05) is 20.3 Å². The van der Waals surface area contributed by atoms with Gasteiger partial charge in [-0.25, -0.2) is 4.79 Å². The van der Waals surface area contributed by atoms with Gasteiger partial charge in [0.1, 0.15) is 17.2 Å². The Labute approximate surface area is 126 Å². The molecule has 116 valence electrons. The molecular formula is C13H16ClNO6. The molecule has 0 saturated heterocycles. The van der Waals surface area contributed by atoms with Crippen molar-refractivity contribution in [2.24, 2.45) is 0 Å². The van der Waals surface area contributed by atoms with Gasteiger partial charge in [-0.05, 0) is 18.6 Å². The minimum Gasteiger partial charge on any atom is -0.459 e. The van der Waals surface area contributed by atoms with Crippen LogP contribution in [0, 0.1) is 10.1 Å². The van der Waals surface area contributed by atoms with Gasteiger partial charge in [-0.1, -0.05) is 17.7 Å². The van der Waals surface area contributed by atoms with Crippen molar-refractivity contribution in [1.29, 1.82) is 0 Å². The van der Waals surface area contributed by atoms with Crippen LogP contribution in [0.2, 0.25) is 5.02 Å². The van der Waals surface area contributed by atoms with Crippen LogP contribution in [0.5, 0.6) is 0 Å². The Bertz CT molecular complexity index is 494. The van der Waals surface area contributed by atoms with Crippen LogP contribution in [0.1, 0.15) is 16.8 Å². The third-order valence-corrected chi connectivity index (χ3v) is 2.79. The Balaban J connectivity index is 2.46. The zero-order valence-corrected chi connectivity index (χ0v) is 12.3. The molecule has 0 saturated carbocycles. The first kappa shape index (κ1) is 17.4. The number of hydrogen-bond acceptors (Lipinski definition) is 6. The molecule has 0 amide bonds. The molecule has 0 aliphatic heterocycles. The second kappa shape index (κ2) is 9.28. The van der Waals surface area contributed by atoms with Crippen LogP contribution < -0.4 is 0 Å². The fraction of sp³-hybridized carbons (Fsp3) is 0.462. The molecule has 1 aromatic rings. The fourth-order valence-corrected chi connectivity index (χ4v) is 1.79. The highest BCUT2D eigenvalue weighted by Crippen LogP contribution is 2.28. The van der Waals surface area contributed by atoms with Crippen LogP contribution in [0.4, 0.5) is 5.69 Å². The first-order chi connectivity index (χ1) is 10.1. The quantitative estimate of drug-likeness (QED) is 0.301. The summed E-state index contributed by atoms with van der Waals surface area (Å²) in [6, 6.07) is 4.09. The molecule has 8 heteroatoms. The summed E-state index contributed by atoms with van der Waals surface area (Å²) in [5.74, 6) is -0.801. The van der Waals surface area contributed by atoms with Crippen molar-refractivity contribution < 1.29 is 23.9 Å². The van der Waals surface area contributed by atoms with Gasteiger partial charge in [0.2, 0.25) is 0 Å². The first-order valence-corrected chi connectivity index (χ1v) is 6.62. The summed E-state index contributed by atoms with van der Waals surface area (Å²) in [6.07, 6.45) is 0.740. The van der Waals surface area contributed by atoms with Gasteiger partial charge in [-0.2, -0.15) is 0 Å². The molecule has 0 N–H and O–H groups in total. The SMILES string of the molecule is COCCCOCCOC(=O)c1cccc(Cl)c1[N+](=O)[O-]. The molecule has 0 unspecified atom stereocenters. The second-order valence-corrected chi connectivity index (χ2v) is 4.39. The summed E-state index contributed by atoms with van der Waals surface area (Å²) in [6.45, 7) is 1.30. The average molecular weight is 318 g/mol. The normalized spacial score (nSPS) is 10.4. The molecule has 0 fully saturated rings. The first-order valence-electron chi connectivity index (χ1n) is 6.24. The molecule has 0 spiro atoms. The van der Waals surface area contributed by atoms with Crippen molar-refractivity contribution in [3.8, 4) is 0 Å². The number of methoxy groups -OCH3 is 1.